The Morgan fingerprint density at radius 2 is 1.83 bits per heavy atom. The maximum atomic E-state index is 15.0. The lowest BCUT2D eigenvalue weighted by molar-refractivity contribution is -0.142. The number of aliphatic imine (C=N–C) groups is 1. The van der Waals surface area contributed by atoms with Crippen LogP contribution in [0.5, 0.6) is 0 Å². The van der Waals surface area contributed by atoms with Gasteiger partial charge in [0.1, 0.15) is 17.1 Å². The molecule has 0 aliphatic carbocycles. The Balaban J connectivity index is 1.66. The lowest BCUT2D eigenvalue weighted by atomic mass is 10.0. The minimum Gasteiger partial charge on any atom is -0.378 e. The van der Waals surface area contributed by atoms with Gasteiger partial charge in [-0.25, -0.2) is 4.39 Å². The summed E-state index contributed by atoms with van der Waals surface area (Å²) in [6, 6.07) is 17.6. The van der Waals surface area contributed by atoms with Gasteiger partial charge in [-0.05, 0) is 23.1 Å². The molecule has 0 saturated heterocycles. The number of amidine groups is 1. The molecule has 3 aromatic rings. The van der Waals surface area contributed by atoms with Crippen molar-refractivity contribution in [3.8, 4) is 0 Å². The molecule has 2 atom stereocenters. The Hall–Kier alpha value is -3.50. The number of hydrogen-bond acceptors (Lipinski definition) is 6. The first-order valence-electron chi connectivity index (χ1n) is 10.8. The van der Waals surface area contributed by atoms with Crippen LogP contribution in [0.1, 0.15) is 28.5 Å². The maximum Gasteiger partial charge on any atom is 0.262 e. The Morgan fingerprint density at radius 1 is 1.09 bits per heavy atom. The van der Waals surface area contributed by atoms with E-state index in [4.69, 9.17) is 5.73 Å². The molecule has 0 bridgehead atoms. The first kappa shape index (κ1) is 24.6. The number of carbonyl (C=O) groups excluding carboxylic acids is 3. The molecular formula is C25H23FN4O3S2. The normalized spacial score (nSPS) is 16.0. The quantitative estimate of drug-likeness (QED) is 0.458. The van der Waals surface area contributed by atoms with Crippen LogP contribution in [0.15, 0.2) is 77.1 Å². The summed E-state index contributed by atoms with van der Waals surface area (Å²) in [5.41, 5.74) is 6.58. The molecule has 0 fully saturated rings. The molecule has 7 nitrogen and oxygen atoms in total. The monoisotopic (exact) mass is 510 g/mol. The van der Waals surface area contributed by atoms with Crippen molar-refractivity contribution < 1.29 is 18.8 Å². The van der Waals surface area contributed by atoms with Gasteiger partial charge < -0.3 is 16.0 Å². The zero-order valence-electron chi connectivity index (χ0n) is 18.6. The van der Waals surface area contributed by atoms with Crippen LogP contribution in [0.25, 0.3) is 0 Å². The summed E-state index contributed by atoms with van der Waals surface area (Å²) >= 11 is 2.43. The number of nitrogens with two attached hydrogens (primary N) is 1. The average molecular weight is 511 g/mol. The highest BCUT2D eigenvalue weighted by Crippen LogP contribution is 2.30. The second-order valence-corrected chi connectivity index (χ2v) is 10.1. The third-order valence-corrected chi connectivity index (χ3v) is 7.26. The van der Waals surface area contributed by atoms with Gasteiger partial charge in [0.25, 0.3) is 5.91 Å². The highest BCUT2D eigenvalue weighted by Gasteiger charge is 2.37. The van der Waals surface area contributed by atoms with Gasteiger partial charge in [0.15, 0.2) is 5.17 Å². The Morgan fingerprint density at radius 3 is 2.49 bits per heavy atom. The number of rotatable bonds is 9. The van der Waals surface area contributed by atoms with E-state index in [1.54, 1.807) is 6.07 Å². The molecule has 10 heteroatoms. The molecule has 0 unspecified atom stereocenters. The molecule has 1 aliphatic heterocycles. The Labute approximate surface area is 210 Å². The van der Waals surface area contributed by atoms with E-state index in [1.807, 2.05) is 47.8 Å². The molecule has 1 aromatic heterocycles. The Bertz CT molecular complexity index is 1230. The van der Waals surface area contributed by atoms with Crippen molar-refractivity contribution in [1.82, 2.24) is 10.2 Å². The van der Waals surface area contributed by atoms with Gasteiger partial charge in [-0.1, -0.05) is 66.4 Å². The number of nitrogens with zero attached hydrogens (tertiary/aromatic N) is 2. The van der Waals surface area contributed by atoms with Crippen LogP contribution in [-0.2, 0) is 27.5 Å². The van der Waals surface area contributed by atoms with Crippen molar-refractivity contribution in [2.24, 2.45) is 10.7 Å². The number of amides is 3. The molecular weight excluding hydrogens is 487 g/mol. The molecule has 3 N–H and O–H groups in total. The molecule has 35 heavy (non-hydrogen) atoms. The van der Waals surface area contributed by atoms with E-state index >= 15 is 0 Å². The number of benzene rings is 2. The fourth-order valence-electron chi connectivity index (χ4n) is 3.73. The number of thioether (sulfide) groups is 1. The van der Waals surface area contributed by atoms with E-state index in [9.17, 15) is 18.8 Å². The molecule has 0 spiro atoms. The first-order valence-corrected chi connectivity index (χ1v) is 12.6. The van der Waals surface area contributed by atoms with Crippen LogP contribution in [0.2, 0.25) is 0 Å². The molecule has 180 valence electrons. The van der Waals surface area contributed by atoms with Gasteiger partial charge in [-0.15, -0.1) is 11.3 Å². The smallest absolute Gasteiger partial charge is 0.262 e. The summed E-state index contributed by atoms with van der Waals surface area (Å²) in [6.45, 7) is 0.295. The summed E-state index contributed by atoms with van der Waals surface area (Å²) in [6.07, 6.45) is -0.212. The molecule has 0 saturated carbocycles. The van der Waals surface area contributed by atoms with E-state index in [1.165, 1.54) is 34.4 Å². The molecule has 4 rings (SSSR count). The van der Waals surface area contributed by atoms with Crippen molar-refractivity contribution in [2.45, 2.75) is 30.8 Å². The highest BCUT2D eigenvalue weighted by molar-refractivity contribution is 8.15. The Kier molecular flexibility index (Phi) is 7.94. The van der Waals surface area contributed by atoms with E-state index in [2.05, 4.69) is 10.3 Å². The van der Waals surface area contributed by atoms with Gasteiger partial charge >= 0.3 is 0 Å². The van der Waals surface area contributed by atoms with Crippen molar-refractivity contribution in [3.63, 3.8) is 0 Å². The van der Waals surface area contributed by atoms with Gasteiger partial charge in [-0.2, -0.15) is 4.99 Å². The number of carbonyl (C=O) groups is 3. The summed E-state index contributed by atoms with van der Waals surface area (Å²) in [5, 5.41) is 4.02. The summed E-state index contributed by atoms with van der Waals surface area (Å²) in [4.78, 5) is 45.0. The average Bonchev–Trinajstić information content (AvgIpc) is 3.47. The largest absolute Gasteiger partial charge is 0.378 e. The predicted octanol–water partition coefficient (Wildman–Crippen LogP) is 3.62. The lowest BCUT2D eigenvalue weighted by Crippen LogP contribution is -2.44. The summed E-state index contributed by atoms with van der Waals surface area (Å²) in [5.74, 6) is -2.09. The minimum atomic E-state index is -1.24. The minimum absolute atomic E-state index is 0.0733. The van der Waals surface area contributed by atoms with Gasteiger partial charge in [0.05, 0.1) is 6.54 Å². The topological polar surface area (TPSA) is 105 Å². The highest BCUT2D eigenvalue weighted by atomic mass is 32.2. The standard InChI is InChI=1S/C25H23FN4O3S2/c26-19-11-5-4-10-18(19)22(24(33)28-14-16-7-2-1-3-8-16)30(15-17-9-6-12-34-17)21(31)13-20-23(32)29-25(27)35-20/h1-12,20,22H,13-15H2,(H,28,33)(H2,27,29,32)/t20-,22-/m0/s1. The van der Waals surface area contributed by atoms with Crippen LogP contribution >= 0.6 is 23.1 Å². The van der Waals surface area contributed by atoms with Crippen LogP contribution < -0.4 is 11.1 Å². The second kappa shape index (κ2) is 11.3. The third-order valence-electron chi connectivity index (χ3n) is 5.41. The van der Waals surface area contributed by atoms with Gasteiger partial charge in [0.2, 0.25) is 11.8 Å². The zero-order chi connectivity index (χ0) is 24.8. The van der Waals surface area contributed by atoms with Crippen molar-refractivity contribution in [2.75, 3.05) is 0 Å². The number of halogens is 1. The molecule has 1 aliphatic rings. The maximum absolute atomic E-state index is 15.0. The van der Waals surface area contributed by atoms with Crippen molar-refractivity contribution in [1.29, 1.82) is 0 Å². The summed E-state index contributed by atoms with van der Waals surface area (Å²) < 4.78 is 15.0. The molecule has 2 aromatic carbocycles. The summed E-state index contributed by atoms with van der Waals surface area (Å²) in [7, 11) is 0. The van der Waals surface area contributed by atoms with Crippen LogP contribution in [0.3, 0.4) is 0 Å². The second-order valence-electron chi connectivity index (χ2n) is 7.83. The van der Waals surface area contributed by atoms with Crippen molar-refractivity contribution >= 4 is 46.0 Å². The van der Waals surface area contributed by atoms with Gasteiger partial charge in [0, 0.05) is 23.4 Å². The van der Waals surface area contributed by atoms with E-state index < -0.39 is 34.8 Å². The number of hydrogen-bond donors (Lipinski definition) is 2. The molecule has 2 heterocycles. The van der Waals surface area contributed by atoms with E-state index in [-0.39, 0.29) is 30.2 Å². The number of thiophene rings is 1. The third kappa shape index (κ3) is 6.14. The van der Waals surface area contributed by atoms with E-state index in [0.717, 1.165) is 22.2 Å². The van der Waals surface area contributed by atoms with E-state index in [0.29, 0.717) is 0 Å². The first-order chi connectivity index (χ1) is 16.9. The van der Waals surface area contributed by atoms with Gasteiger partial charge in [-0.3, -0.25) is 14.4 Å². The lowest BCUT2D eigenvalue weighted by Gasteiger charge is -2.32. The zero-order valence-corrected chi connectivity index (χ0v) is 20.2. The van der Waals surface area contributed by atoms with Crippen LogP contribution in [0.4, 0.5) is 4.39 Å². The molecule has 0 radical (unpaired) electrons. The fourth-order valence-corrected chi connectivity index (χ4v) is 5.25. The SMILES string of the molecule is NC1=NC(=O)[C@H](CC(=O)N(Cc2cccs2)[C@H](C(=O)NCc2ccccc2)c2ccccc2F)S1. The van der Waals surface area contributed by atoms with Crippen LogP contribution in [0, 0.1) is 5.82 Å². The molecule has 3 amide bonds. The predicted molar refractivity (Wildman–Crippen MR) is 135 cm³/mol. The number of nitrogens with one attached hydrogen (secondary N) is 1. The van der Waals surface area contributed by atoms with Crippen molar-refractivity contribution in [3.05, 3.63) is 93.9 Å². The van der Waals surface area contributed by atoms with Crippen LogP contribution in [-0.4, -0.2) is 33.0 Å². The fraction of sp³-hybridized carbons (Fsp3) is 0.200.